The van der Waals surface area contributed by atoms with E-state index >= 15 is 0 Å². The Morgan fingerprint density at radius 3 is 3.00 bits per heavy atom. The van der Waals surface area contributed by atoms with Gasteiger partial charge in [0, 0.05) is 11.7 Å². The lowest BCUT2D eigenvalue weighted by Gasteiger charge is -2.05. The molecule has 16 heavy (non-hydrogen) atoms. The molecule has 1 aromatic carbocycles. The van der Waals surface area contributed by atoms with Gasteiger partial charge in [0.25, 0.3) is 0 Å². The molecule has 1 aliphatic heterocycles. The molecule has 0 aliphatic carbocycles. The van der Waals surface area contributed by atoms with E-state index in [4.69, 9.17) is 5.26 Å². The maximum Gasteiger partial charge on any atom is 0.228 e. The van der Waals surface area contributed by atoms with Crippen LogP contribution in [0.2, 0.25) is 0 Å². The van der Waals surface area contributed by atoms with Gasteiger partial charge in [-0.1, -0.05) is 6.92 Å². The molecular weight excluding hydrogens is 224 g/mol. The van der Waals surface area contributed by atoms with Crippen molar-refractivity contribution in [1.29, 1.82) is 5.26 Å². The molecule has 82 valence electrons. The molecule has 0 saturated heterocycles. The van der Waals surface area contributed by atoms with E-state index in [2.05, 4.69) is 5.32 Å². The summed E-state index contributed by atoms with van der Waals surface area (Å²) in [5.74, 6) is -0.108. The molecule has 4 nitrogen and oxygen atoms in total. The molecule has 1 amide bonds. The standard InChI is InChI=1S/C11H10N2O2S/c1-7-6-16(15)10-4-8(5-12)2-3-9(10)13-11(7)14/h2-4,7H,6H2,1H3,(H,13,14). The number of benzene rings is 1. The third-order valence-electron chi connectivity index (χ3n) is 2.46. The first-order valence-corrected chi connectivity index (χ1v) is 6.17. The van der Waals surface area contributed by atoms with E-state index in [9.17, 15) is 9.00 Å². The lowest BCUT2D eigenvalue weighted by Crippen LogP contribution is -2.21. The Morgan fingerprint density at radius 1 is 1.56 bits per heavy atom. The van der Waals surface area contributed by atoms with Crippen molar-refractivity contribution in [3.63, 3.8) is 0 Å². The molecule has 1 aromatic rings. The number of hydrogen-bond acceptors (Lipinski definition) is 3. The summed E-state index contributed by atoms with van der Waals surface area (Å²) >= 11 is 0. The fraction of sp³-hybridized carbons (Fsp3) is 0.273. The number of hydrogen-bond donors (Lipinski definition) is 1. The van der Waals surface area contributed by atoms with Crippen LogP contribution in [0.15, 0.2) is 23.1 Å². The average molecular weight is 234 g/mol. The third kappa shape index (κ3) is 1.84. The van der Waals surface area contributed by atoms with Crippen LogP contribution in [-0.2, 0) is 15.6 Å². The first-order chi connectivity index (χ1) is 7.61. The zero-order valence-electron chi connectivity index (χ0n) is 8.69. The average Bonchev–Trinajstić information content (AvgIpc) is 2.38. The van der Waals surface area contributed by atoms with E-state index < -0.39 is 10.8 Å². The summed E-state index contributed by atoms with van der Waals surface area (Å²) < 4.78 is 11.9. The minimum absolute atomic E-state index is 0.128. The Labute approximate surface area is 95.7 Å². The van der Waals surface area contributed by atoms with Crippen LogP contribution >= 0.6 is 0 Å². The van der Waals surface area contributed by atoms with Crippen LogP contribution < -0.4 is 5.32 Å². The van der Waals surface area contributed by atoms with E-state index in [1.54, 1.807) is 25.1 Å². The number of carbonyl (C=O) groups is 1. The smallest absolute Gasteiger partial charge is 0.228 e. The highest BCUT2D eigenvalue weighted by Crippen LogP contribution is 2.26. The molecule has 1 N–H and O–H groups in total. The minimum atomic E-state index is -1.23. The Hall–Kier alpha value is -1.67. The van der Waals surface area contributed by atoms with Gasteiger partial charge in [0.1, 0.15) is 0 Å². The van der Waals surface area contributed by atoms with Gasteiger partial charge in [0.2, 0.25) is 5.91 Å². The summed E-state index contributed by atoms with van der Waals surface area (Å²) in [6.45, 7) is 1.74. The highest BCUT2D eigenvalue weighted by atomic mass is 32.2. The van der Waals surface area contributed by atoms with E-state index in [1.165, 1.54) is 0 Å². The van der Waals surface area contributed by atoms with Gasteiger partial charge in [-0.15, -0.1) is 0 Å². The summed E-state index contributed by atoms with van der Waals surface area (Å²) in [6.07, 6.45) is 0. The predicted octanol–water partition coefficient (Wildman–Crippen LogP) is 1.25. The summed E-state index contributed by atoms with van der Waals surface area (Å²) in [5, 5.41) is 11.5. The second-order valence-corrected chi connectivity index (χ2v) is 5.19. The molecule has 0 bridgehead atoms. The number of carbonyl (C=O) groups excluding carboxylic acids is 1. The largest absolute Gasteiger partial charge is 0.325 e. The SMILES string of the molecule is CC1CS(=O)c2cc(C#N)ccc2NC1=O. The highest BCUT2D eigenvalue weighted by Gasteiger charge is 2.24. The second-order valence-electron chi connectivity index (χ2n) is 3.73. The highest BCUT2D eigenvalue weighted by molar-refractivity contribution is 7.85. The summed E-state index contributed by atoms with van der Waals surface area (Å²) in [5.41, 5.74) is 1.00. The van der Waals surface area contributed by atoms with Crippen LogP contribution in [-0.4, -0.2) is 15.9 Å². The first kappa shape index (κ1) is 10.8. The second kappa shape index (κ2) is 4.06. The van der Waals surface area contributed by atoms with Crippen LogP contribution in [0.1, 0.15) is 12.5 Å². The molecule has 1 aliphatic rings. The monoisotopic (exact) mass is 234 g/mol. The number of nitriles is 1. The number of amides is 1. The van der Waals surface area contributed by atoms with Crippen molar-refractivity contribution >= 4 is 22.4 Å². The van der Waals surface area contributed by atoms with Crippen molar-refractivity contribution in [2.75, 3.05) is 11.1 Å². The molecule has 0 radical (unpaired) electrons. The van der Waals surface area contributed by atoms with Gasteiger partial charge in [-0.2, -0.15) is 5.26 Å². The van der Waals surface area contributed by atoms with Crippen LogP contribution in [0.4, 0.5) is 5.69 Å². The number of nitrogens with one attached hydrogen (secondary N) is 1. The Balaban J connectivity index is 2.52. The van der Waals surface area contributed by atoms with Crippen molar-refractivity contribution in [2.45, 2.75) is 11.8 Å². The van der Waals surface area contributed by atoms with Crippen molar-refractivity contribution in [1.82, 2.24) is 0 Å². The minimum Gasteiger partial charge on any atom is -0.325 e. The van der Waals surface area contributed by atoms with Gasteiger partial charge in [-0.25, -0.2) is 0 Å². The van der Waals surface area contributed by atoms with Crippen molar-refractivity contribution in [2.24, 2.45) is 5.92 Å². The van der Waals surface area contributed by atoms with Crippen molar-refractivity contribution < 1.29 is 9.00 Å². The van der Waals surface area contributed by atoms with Gasteiger partial charge in [0.05, 0.1) is 33.0 Å². The molecule has 5 heteroatoms. The zero-order valence-corrected chi connectivity index (χ0v) is 9.50. The fourth-order valence-corrected chi connectivity index (χ4v) is 2.94. The number of anilines is 1. The molecule has 2 unspecified atom stereocenters. The van der Waals surface area contributed by atoms with Gasteiger partial charge < -0.3 is 5.32 Å². The Kier molecular flexibility index (Phi) is 2.75. The molecule has 0 spiro atoms. The Bertz CT molecular complexity index is 519. The summed E-state index contributed by atoms with van der Waals surface area (Å²) in [7, 11) is -1.23. The predicted molar refractivity (Wildman–Crippen MR) is 60.2 cm³/mol. The zero-order chi connectivity index (χ0) is 11.7. The quantitative estimate of drug-likeness (QED) is 0.734. The molecule has 0 fully saturated rings. The number of rotatable bonds is 0. The lowest BCUT2D eigenvalue weighted by molar-refractivity contribution is -0.118. The lowest BCUT2D eigenvalue weighted by atomic mass is 10.2. The number of fused-ring (bicyclic) bond motifs is 1. The van der Waals surface area contributed by atoms with Gasteiger partial charge in [-0.3, -0.25) is 9.00 Å². The van der Waals surface area contributed by atoms with Crippen LogP contribution in [0.3, 0.4) is 0 Å². The molecule has 2 atom stereocenters. The third-order valence-corrected chi connectivity index (χ3v) is 4.09. The van der Waals surface area contributed by atoms with E-state index in [0.717, 1.165) is 0 Å². The normalized spacial score (nSPS) is 23.9. The Morgan fingerprint density at radius 2 is 2.31 bits per heavy atom. The maximum atomic E-state index is 11.9. The molecule has 2 rings (SSSR count). The fourth-order valence-electron chi connectivity index (χ4n) is 1.53. The van der Waals surface area contributed by atoms with E-state index in [-0.39, 0.29) is 11.8 Å². The van der Waals surface area contributed by atoms with Crippen LogP contribution in [0, 0.1) is 17.2 Å². The van der Waals surface area contributed by atoms with Gasteiger partial charge in [0.15, 0.2) is 0 Å². The van der Waals surface area contributed by atoms with Crippen LogP contribution in [0.25, 0.3) is 0 Å². The number of nitrogens with zero attached hydrogens (tertiary/aromatic N) is 1. The first-order valence-electron chi connectivity index (χ1n) is 4.85. The molecule has 0 saturated carbocycles. The topological polar surface area (TPSA) is 70.0 Å². The summed E-state index contributed by atoms with van der Waals surface area (Å²) in [4.78, 5) is 12.1. The van der Waals surface area contributed by atoms with Crippen molar-refractivity contribution in [3.8, 4) is 6.07 Å². The van der Waals surface area contributed by atoms with E-state index in [1.807, 2.05) is 6.07 Å². The van der Waals surface area contributed by atoms with Crippen LogP contribution in [0.5, 0.6) is 0 Å². The van der Waals surface area contributed by atoms with Gasteiger partial charge >= 0.3 is 0 Å². The van der Waals surface area contributed by atoms with Gasteiger partial charge in [-0.05, 0) is 18.2 Å². The molecule has 0 aromatic heterocycles. The van der Waals surface area contributed by atoms with E-state index in [0.29, 0.717) is 21.9 Å². The molecule has 1 heterocycles. The summed E-state index contributed by atoms with van der Waals surface area (Å²) in [6, 6.07) is 6.80. The molecular formula is C11H10N2O2S. The maximum absolute atomic E-state index is 11.9. The van der Waals surface area contributed by atoms with Crippen molar-refractivity contribution in [3.05, 3.63) is 23.8 Å².